The van der Waals surface area contributed by atoms with E-state index in [0.29, 0.717) is 15.9 Å². The third-order valence-corrected chi connectivity index (χ3v) is 3.67. The Morgan fingerprint density at radius 3 is 2.52 bits per heavy atom. The van der Waals surface area contributed by atoms with Gasteiger partial charge in [-0.1, -0.05) is 40.9 Å². The van der Waals surface area contributed by atoms with Gasteiger partial charge in [0.25, 0.3) is 5.69 Å². The number of nitrogens with one attached hydrogen (secondary N) is 1. The Morgan fingerprint density at radius 2 is 1.95 bits per heavy atom. The van der Waals surface area contributed by atoms with Crippen LogP contribution in [-0.4, -0.2) is 9.91 Å². The molecule has 0 aliphatic rings. The van der Waals surface area contributed by atoms with Crippen molar-refractivity contribution in [2.24, 2.45) is 0 Å². The molecule has 0 aliphatic heterocycles. The van der Waals surface area contributed by atoms with Crippen LogP contribution in [0, 0.1) is 10.1 Å². The zero-order valence-electron chi connectivity index (χ0n) is 10.8. The molecule has 0 spiro atoms. The molecule has 110 valence electrons. The van der Waals surface area contributed by atoms with E-state index in [2.05, 4.69) is 10.3 Å². The minimum atomic E-state index is -0.553. The van der Waals surface area contributed by atoms with Crippen molar-refractivity contribution >= 4 is 46.3 Å². The Kier molecular flexibility index (Phi) is 4.88. The summed E-state index contributed by atoms with van der Waals surface area (Å²) in [5, 5.41) is 14.9. The van der Waals surface area contributed by atoms with E-state index >= 15 is 0 Å². The molecular formula is C13H10Cl3N3O2. The lowest BCUT2D eigenvalue weighted by molar-refractivity contribution is -0.385. The number of pyridine rings is 1. The van der Waals surface area contributed by atoms with Gasteiger partial charge in [0.15, 0.2) is 0 Å². The highest BCUT2D eigenvalue weighted by Crippen LogP contribution is 2.31. The Bertz CT molecular complexity index is 694. The van der Waals surface area contributed by atoms with Crippen LogP contribution in [0.1, 0.15) is 18.5 Å². The zero-order chi connectivity index (χ0) is 15.6. The van der Waals surface area contributed by atoms with Crippen LogP contribution in [0.3, 0.4) is 0 Å². The lowest BCUT2D eigenvalue weighted by atomic mass is 10.1. The van der Waals surface area contributed by atoms with Gasteiger partial charge in [-0.3, -0.25) is 10.1 Å². The summed E-state index contributed by atoms with van der Waals surface area (Å²) in [6.07, 6.45) is 1.14. The monoisotopic (exact) mass is 345 g/mol. The third-order valence-electron chi connectivity index (χ3n) is 2.82. The van der Waals surface area contributed by atoms with Crippen LogP contribution in [0.5, 0.6) is 0 Å². The molecule has 0 fully saturated rings. The largest absolute Gasteiger partial charge is 0.362 e. The fourth-order valence-corrected chi connectivity index (χ4v) is 2.56. The molecule has 1 aromatic carbocycles. The molecule has 0 saturated carbocycles. The maximum atomic E-state index is 10.6. The van der Waals surface area contributed by atoms with Gasteiger partial charge < -0.3 is 5.32 Å². The smallest absolute Gasteiger partial charge is 0.289 e. The first-order chi connectivity index (χ1) is 9.88. The number of benzene rings is 1. The molecule has 0 amide bonds. The summed E-state index contributed by atoms with van der Waals surface area (Å²) in [7, 11) is 0. The summed E-state index contributed by atoms with van der Waals surface area (Å²) in [5.74, 6) is 0.348. The zero-order valence-corrected chi connectivity index (χ0v) is 13.1. The molecule has 0 bridgehead atoms. The topological polar surface area (TPSA) is 68.1 Å². The van der Waals surface area contributed by atoms with E-state index in [1.54, 1.807) is 18.2 Å². The van der Waals surface area contributed by atoms with Crippen molar-refractivity contribution in [3.63, 3.8) is 0 Å². The molecule has 0 aliphatic carbocycles. The van der Waals surface area contributed by atoms with Crippen molar-refractivity contribution in [2.75, 3.05) is 5.32 Å². The summed E-state index contributed by atoms with van der Waals surface area (Å²) in [5.41, 5.74) is 0.653. The SMILES string of the molecule is CC(Nc1ncc([N+](=O)[O-])cc1Cl)c1ccc(Cl)cc1Cl. The number of nitro groups is 1. The maximum Gasteiger partial charge on any atom is 0.289 e. The molecule has 1 aromatic heterocycles. The van der Waals surface area contributed by atoms with Gasteiger partial charge in [-0.05, 0) is 24.6 Å². The summed E-state index contributed by atoms with van der Waals surface area (Å²) in [4.78, 5) is 14.0. The lowest BCUT2D eigenvalue weighted by Gasteiger charge is -2.17. The summed E-state index contributed by atoms with van der Waals surface area (Å²) in [6.45, 7) is 1.87. The van der Waals surface area contributed by atoms with E-state index in [4.69, 9.17) is 34.8 Å². The quantitative estimate of drug-likeness (QED) is 0.616. The van der Waals surface area contributed by atoms with Gasteiger partial charge in [-0.15, -0.1) is 0 Å². The van der Waals surface area contributed by atoms with Crippen molar-refractivity contribution in [1.29, 1.82) is 0 Å². The van der Waals surface area contributed by atoms with E-state index < -0.39 is 4.92 Å². The van der Waals surface area contributed by atoms with E-state index in [1.807, 2.05) is 6.92 Å². The standard InChI is InChI=1S/C13H10Cl3N3O2/c1-7(10-3-2-8(14)4-11(10)15)18-13-12(16)5-9(6-17-13)19(20)21/h2-7H,1H3,(H,17,18). The molecular weight excluding hydrogens is 337 g/mol. The Morgan fingerprint density at radius 1 is 1.24 bits per heavy atom. The van der Waals surface area contributed by atoms with Crippen molar-refractivity contribution in [3.05, 3.63) is 61.2 Å². The molecule has 0 radical (unpaired) electrons. The molecule has 8 heteroatoms. The maximum absolute atomic E-state index is 10.6. The minimum Gasteiger partial charge on any atom is -0.362 e. The summed E-state index contributed by atoms with van der Waals surface area (Å²) >= 11 is 18.0. The first-order valence-electron chi connectivity index (χ1n) is 5.90. The second-order valence-corrected chi connectivity index (χ2v) is 5.56. The highest BCUT2D eigenvalue weighted by atomic mass is 35.5. The summed E-state index contributed by atoms with van der Waals surface area (Å²) < 4.78 is 0. The van der Waals surface area contributed by atoms with Crippen LogP contribution < -0.4 is 5.32 Å². The van der Waals surface area contributed by atoms with Gasteiger partial charge in [-0.2, -0.15) is 0 Å². The molecule has 2 rings (SSSR count). The fraction of sp³-hybridized carbons (Fsp3) is 0.154. The number of hydrogen-bond acceptors (Lipinski definition) is 4. The number of aromatic nitrogens is 1. The Hall–Kier alpha value is -1.56. The molecule has 0 saturated heterocycles. The lowest BCUT2D eigenvalue weighted by Crippen LogP contribution is -2.09. The van der Waals surface area contributed by atoms with Crippen LogP contribution in [0.2, 0.25) is 15.1 Å². The normalized spacial score (nSPS) is 12.0. The highest BCUT2D eigenvalue weighted by Gasteiger charge is 2.15. The highest BCUT2D eigenvalue weighted by molar-refractivity contribution is 6.35. The number of hydrogen-bond donors (Lipinski definition) is 1. The van der Waals surface area contributed by atoms with Gasteiger partial charge in [0.2, 0.25) is 0 Å². The van der Waals surface area contributed by atoms with Crippen molar-refractivity contribution < 1.29 is 4.92 Å². The van der Waals surface area contributed by atoms with E-state index in [0.717, 1.165) is 11.8 Å². The van der Waals surface area contributed by atoms with Crippen LogP contribution >= 0.6 is 34.8 Å². The van der Waals surface area contributed by atoms with Crippen LogP contribution in [0.15, 0.2) is 30.5 Å². The molecule has 1 heterocycles. The van der Waals surface area contributed by atoms with Gasteiger partial charge >= 0.3 is 0 Å². The molecule has 1 unspecified atom stereocenters. The first-order valence-corrected chi connectivity index (χ1v) is 7.03. The molecule has 21 heavy (non-hydrogen) atoms. The third kappa shape index (κ3) is 3.75. The molecule has 1 atom stereocenters. The average Bonchev–Trinajstić information content (AvgIpc) is 2.40. The van der Waals surface area contributed by atoms with Crippen LogP contribution in [0.4, 0.5) is 11.5 Å². The minimum absolute atomic E-state index is 0.164. The number of nitrogens with zero attached hydrogens (tertiary/aromatic N) is 2. The van der Waals surface area contributed by atoms with Gasteiger partial charge in [0.05, 0.1) is 16.0 Å². The molecule has 2 aromatic rings. The van der Waals surface area contributed by atoms with Crippen LogP contribution in [0.25, 0.3) is 0 Å². The fourth-order valence-electron chi connectivity index (χ4n) is 1.77. The molecule has 1 N–H and O–H groups in total. The van der Waals surface area contributed by atoms with Gasteiger partial charge in [0, 0.05) is 16.1 Å². The van der Waals surface area contributed by atoms with E-state index in [1.165, 1.54) is 6.07 Å². The van der Waals surface area contributed by atoms with Gasteiger partial charge in [0.1, 0.15) is 12.0 Å². The van der Waals surface area contributed by atoms with Crippen molar-refractivity contribution in [3.8, 4) is 0 Å². The van der Waals surface area contributed by atoms with E-state index in [-0.39, 0.29) is 16.8 Å². The predicted octanol–water partition coefficient (Wildman–Crippen LogP) is 5.12. The summed E-state index contributed by atoms with van der Waals surface area (Å²) in [6, 6.07) is 6.21. The number of halogens is 3. The second-order valence-electron chi connectivity index (χ2n) is 4.31. The van der Waals surface area contributed by atoms with Crippen molar-refractivity contribution in [1.82, 2.24) is 4.98 Å². The number of anilines is 1. The molecule has 5 nitrogen and oxygen atoms in total. The average molecular weight is 347 g/mol. The Balaban J connectivity index is 2.23. The van der Waals surface area contributed by atoms with E-state index in [9.17, 15) is 10.1 Å². The first kappa shape index (κ1) is 15.8. The predicted molar refractivity (Wildman–Crippen MR) is 84.4 cm³/mol. The Labute approximate surface area is 136 Å². The van der Waals surface area contributed by atoms with Gasteiger partial charge in [-0.25, -0.2) is 4.98 Å². The number of rotatable bonds is 4. The van der Waals surface area contributed by atoms with Crippen molar-refractivity contribution in [2.45, 2.75) is 13.0 Å². The second kappa shape index (κ2) is 6.47. The van der Waals surface area contributed by atoms with Crippen LogP contribution in [-0.2, 0) is 0 Å².